The summed E-state index contributed by atoms with van der Waals surface area (Å²) in [6.45, 7) is 2.52. The van der Waals surface area contributed by atoms with Crippen LogP contribution in [0.2, 0.25) is 0 Å². The number of nitrogens with zero attached hydrogens (tertiary/aromatic N) is 4. The largest absolute Gasteiger partial charge is 0.494 e. The quantitative estimate of drug-likeness (QED) is 0.443. The van der Waals surface area contributed by atoms with Crippen molar-refractivity contribution in [2.24, 2.45) is 0 Å². The fourth-order valence-electron chi connectivity index (χ4n) is 2.66. The third-order valence-corrected chi connectivity index (χ3v) is 4.92. The first-order valence-corrected chi connectivity index (χ1v) is 10.0. The summed E-state index contributed by atoms with van der Waals surface area (Å²) in [7, 11) is 0. The number of ether oxygens (including phenoxy) is 1. The number of hydrogen-bond acceptors (Lipinski definition) is 7. The van der Waals surface area contributed by atoms with Crippen LogP contribution in [-0.4, -0.2) is 26.2 Å². The molecule has 29 heavy (non-hydrogen) atoms. The third-order valence-electron chi connectivity index (χ3n) is 3.98. The number of anilines is 2. The molecule has 0 saturated carbocycles. The molecule has 1 aromatic carbocycles. The van der Waals surface area contributed by atoms with Crippen LogP contribution in [0.25, 0.3) is 0 Å². The summed E-state index contributed by atoms with van der Waals surface area (Å²) in [4.78, 5) is 13.1. The van der Waals surface area contributed by atoms with E-state index in [0.29, 0.717) is 17.5 Å². The Morgan fingerprint density at radius 2 is 1.90 bits per heavy atom. The Morgan fingerprint density at radius 1 is 1.10 bits per heavy atom. The van der Waals surface area contributed by atoms with E-state index in [9.17, 15) is 4.79 Å². The third kappa shape index (κ3) is 4.35. The molecule has 9 heteroatoms. The van der Waals surface area contributed by atoms with E-state index in [-0.39, 0.29) is 11.4 Å². The maximum atomic E-state index is 13.1. The minimum atomic E-state index is -0.313. The Labute approximate surface area is 171 Å². The van der Waals surface area contributed by atoms with E-state index in [4.69, 9.17) is 9.15 Å². The van der Waals surface area contributed by atoms with E-state index >= 15 is 0 Å². The van der Waals surface area contributed by atoms with Crippen molar-refractivity contribution in [2.75, 3.05) is 11.9 Å². The smallest absolute Gasteiger partial charge is 0.316 e. The maximum absolute atomic E-state index is 13.1. The van der Waals surface area contributed by atoms with Gasteiger partial charge in [0.25, 0.3) is 0 Å². The summed E-state index contributed by atoms with van der Waals surface area (Å²) in [6.07, 6.45) is 5.17. The highest BCUT2D eigenvalue weighted by atomic mass is 32.2. The monoisotopic (exact) mass is 409 g/mol. The van der Waals surface area contributed by atoms with Crippen LogP contribution >= 0.6 is 11.8 Å². The molecule has 0 aliphatic rings. The van der Waals surface area contributed by atoms with Crippen LogP contribution in [0.15, 0.2) is 81.6 Å². The molecule has 4 rings (SSSR count). The molecular weight excluding hydrogens is 390 g/mol. The maximum Gasteiger partial charge on any atom is 0.316 e. The van der Waals surface area contributed by atoms with Gasteiger partial charge in [-0.3, -0.25) is 9.47 Å². The van der Waals surface area contributed by atoms with Crippen LogP contribution in [0, 0.1) is 0 Å². The van der Waals surface area contributed by atoms with Gasteiger partial charge in [-0.05, 0) is 55.5 Å². The summed E-state index contributed by atoms with van der Waals surface area (Å²) in [5, 5.41) is 11.9. The van der Waals surface area contributed by atoms with Gasteiger partial charge in [0.1, 0.15) is 11.5 Å². The molecule has 0 amide bonds. The van der Waals surface area contributed by atoms with Crippen LogP contribution in [-0.2, 0) is 5.75 Å². The van der Waals surface area contributed by atoms with Crippen molar-refractivity contribution < 1.29 is 9.15 Å². The predicted octanol–water partition coefficient (Wildman–Crippen LogP) is 3.78. The van der Waals surface area contributed by atoms with E-state index < -0.39 is 0 Å². The lowest BCUT2D eigenvalue weighted by atomic mass is 10.3. The molecule has 0 radical (unpaired) electrons. The Bertz CT molecular complexity index is 1110. The fraction of sp³-hybridized carbons (Fsp3) is 0.150. The second-order valence-electron chi connectivity index (χ2n) is 5.96. The summed E-state index contributed by atoms with van der Waals surface area (Å²) in [6, 6.07) is 14.7. The zero-order valence-electron chi connectivity index (χ0n) is 15.7. The molecule has 0 aliphatic heterocycles. The summed E-state index contributed by atoms with van der Waals surface area (Å²) < 4.78 is 13.9. The van der Waals surface area contributed by atoms with E-state index in [1.807, 2.05) is 55.5 Å². The first-order valence-electron chi connectivity index (χ1n) is 9.03. The van der Waals surface area contributed by atoms with E-state index in [2.05, 4.69) is 15.5 Å². The molecule has 0 spiro atoms. The average molecular weight is 409 g/mol. The van der Waals surface area contributed by atoms with Gasteiger partial charge in [-0.2, -0.15) is 4.68 Å². The van der Waals surface area contributed by atoms with Crippen molar-refractivity contribution in [3.63, 3.8) is 0 Å². The van der Waals surface area contributed by atoms with Gasteiger partial charge < -0.3 is 14.5 Å². The number of rotatable bonds is 8. The van der Waals surface area contributed by atoms with Crippen LogP contribution in [0.3, 0.4) is 0 Å². The first kappa shape index (κ1) is 18.9. The van der Waals surface area contributed by atoms with E-state index in [1.165, 1.54) is 16.4 Å². The Hall–Kier alpha value is -3.46. The normalized spacial score (nSPS) is 10.8. The second-order valence-corrected chi connectivity index (χ2v) is 6.90. The lowest BCUT2D eigenvalue weighted by Gasteiger charge is -2.13. The Morgan fingerprint density at radius 3 is 2.59 bits per heavy atom. The highest BCUT2D eigenvalue weighted by Crippen LogP contribution is 2.22. The highest BCUT2D eigenvalue weighted by Gasteiger charge is 2.15. The molecule has 0 aliphatic carbocycles. The van der Waals surface area contributed by atoms with Crippen molar-refractivity contribution in [1.29, 1.82) is 0 Å². The molecule has 0 saturated heterocycles. The van der Waals surface area contributed by atoms with Gasteiger partial charge in [-0.15, -0.1) is 10.2 Å². The number of aromatic nitrogens is 4. The summed E-state index contributed by atoms with van der Waals surface area (Å²) in [5.74, 6) is 2.22. The van der Waals surface area contributed by atoms with Crippen molar-refractivity contribution >= 4 is 23.3 Å². The van der Waals surface area contributed by atoms with Crippen LogP contribution < -0.4 is 15.6 Å². The minimum Gasteiger partial charge on any atom is -0.494 e. The van der Waals surface area contributed by atoms with Gasteiger partial charge in [0, 0.05) is 18.1 Å². The highest BCUT2D eigenvalue weighted by molar-refractivity contribution is 7.98. The molecule has 8 nitrogen and oxygen atoms in total. The molecule has 4 aromatic rings. The number of benzene rings is 1. The van der Waals surface area contributed by atoms with Crippen molar-refractivity contribution in [1.82, 2.24) is 19.5 Å². The first-order chi connectivity index (χ1) is 14.2. The van der Waals surface area contributed by atoms with Crippen molar-refractivity contribution in [2.45, 2.75) is 17.8 Å². The lowest BCUT2D eigenvalue weighted by Crippen LogP contribution is -2.30. The van der Waals surface area contributed by atoms with Gasteiger partial charge in [0.15, 0.2) is 0 Å². The topological polar surface area (TPSA) is 87.1 Å². The number of furan rings is 1. The number of thioether (sulfide) groups is 1. The molecule has 3 heterocycles. The molecule has 148 valence electrons. The molecule has 0 unspecified atom stereocenters. The summed E-state index contributed by atoms with van der Waals surface area (Å²) in [5.41, 5.74) is 0.405. The lowest BCUT2D eigenvalue weighted by molar-refractivity contribution is 0.340. The van der Waals surface area contributed by atoms with Gasteiger partial charge in [-0.25, -0.2) is 0 Å². The zero-order valence-corrected chi connectivity index (χ0v) is 16.5. The van der Waals surface area contributed by atoms with Crippen molar-refractivity contribution in [3.8, 4) is 5.75 Å². The van der Waals surface area contributed by atoms with Gasteiger partial charge in [0.2, 0.25) is 11.0 Å². The van der Waals surface area contributed by atoms with E-state index in [1.54, 1.807) is 23.3 Å². The number of nitrogens with one attached hydrogen (secondary N) is 1. The Balaban J connectivity index is 1.63. The fourth-order valence-corrected chi connectivity index (χ4v) is 3.50. The molecule has 0 atom stereocenters. The van der Waals surface area contributed by atoms with Gasteiger partial charge in [-0.1, -0.05) is 11.8 Å². The van der Waals surface area contributed by atoms with Crippen LogP contribution in [0.5, 0.6) is 5.75 Å². The van der Waals surface area contributed by atoms with Gasteiger partial charge >= 0.3 is 5.56 Å². The average Bonchev–Trinajstić information content (AvgIpc) is 3.44. The standard InChI is InChI=1S/C20H19N5O3S/c1-2-27-16-9-7-15(8-10-16)21-18-19(26)25(24-11-3-4-12-24)20(23-22-18)29-14-17-6-5-13-28-17/h3-13H,2,14H2,1H3,(H,21,22). The van der Waals surface area contributed by atoms with Crippen LogP contribution in [0.4, 0.5) is 11.5 Å². The number of hydrogen-bond donors (Lipinski definition) is 1. The molecule has 3 aromatic heterocycles. The molecule has 0 fully saturated rings. The van der Waals surface area contributed by atoms with Crippen LogP contribution in [0.1, 0.15) is 12.7 Å². The predicted molar refractivity (Wildman–Crippen MR) is 111 cm³/mol. The van der Waals surface area contributed by atoms with Crippen molar-refractivity contribution in [3.05, 3.63) is 83.3 Å². The van der Waals surface area contributed by atoms with E-state index in [0.717, 1.165) is 17.2 Å². The Kier molecular flexibility index (Phi) is 5.66. The SMILES string of the molecule is CCOc1ccc(Nc2nnc(SCc3ccco3)n(-n3cccc3)c2=O)cc1. The van der Waals surface area contributed by atoms with Gasteiger partial charge in [0.05, 0.1) is 18.6 Å². The minimum absolute atomic E-state index is 0.130. The molecular formula is C20H19N5O3S. The second kappa shape index (κ2) is 8.70. The zero-order chi connectivity index (χ0) is 20.1. The summed E-state index contributed by atoms with van der Waals surface area (Å²) >= 11 is 1.37. The molecule has 1 N–H and O–H groups in total. The molecule has 0 bridgehead atoms.